The summed E-state index contributed by atoms with van der Waals surface area (Å²) in [6, 6.07) is 0. The number of allylic oxidation sites excluding steroid dienone is 1. The van der Waals surface area contributed by atoms with Crippen molar-refractivity contribution in [3.63, 3.8) is 0 Å². The van der Waals surface area contributed by atoms with Crippen LogP contribution >= 0.6 is 0 Å². The van der Waals surface area contributed by atoms with E-state index in [1.807, 2.05) is 6.08 Å². The summed E-state index contributed by atoms with van der Waals surface area (Å²) in [5, 5.41) is 17.6. The number of aliphatic hydroxyl groups excluding tert-OH is 1. The Morgan fingerprint density at radius 1 is 1.60 bits per heavy atom. The summed E-state index contributed by atoms with van der Waals surface area (Å²) in [7, 11) is 0. The van der Waals surface area contributed by atoms with Crippen LogP contribution in [0.15, 0.2) is 11.6 Å². The molecular formula is C8H14O2. The Labute approximate surface area is 61.2 Å². The summed E-state index contributed by atoms with van der Waals surface area (Å²) < 4.78 is 0. The van der Waals surface area contributed by atoms with Crippen molar-refractivity contribution in [1.82, 2.24) is 0 Å². The quantitative estimate of drug-likeness (QED) is 0.424. The van der Waals surface area contributed by atoms with Gasteiger partial charge in [-0.15, -0.1) is 0 Å². The molecule has 1 unspecified atom stereocenters. The maximum absolute atomic E-state index is 8.78. The van der Waals surface area contributed by atoms with E-state index in [1.165, 1.54) is 6.42 Å². The van der Waals surface area contributed by atoms with Crippen molar-refractivity contribution in [2.75, 3.05) is 0 Å². The van der Waals surface area contributed by atoms with Gasteiger partial charge in [-0.2, -0.15) is 0 Å². The normalized spacial score (nSPS) is 26.8. The topological polar surface area (TPSA) is 40.5 Å². The molecule has 0 saturated heterocycles. The maximum atomic E-state index is 8.78. The van der Waals surface area contributed by atoms with Crippen LogP contribution in [0.4, 0.5) is 0 Å². The van der Waals surface area contributed by atoms with Gasteiger partial charge in [0.25, 0.3) is 0 Å². The average Bonchev–Trinajstić information content (AvgIpc) is 1.88. The summed E-state index contributed by atoms with van der Waals surface area (Å²) >= 11 is 0. The first kappa shape index (κ1) is 7.76. The molecule has 0 radical (unpaired) electrons. The molecule has 0 aromatic heterocycles. The Morgan fingerprint density at radius 3 is 2.70 bits per heavy atom. The van der Waals surface area contributed by atoms with E-state index in [2.05, 4.69) is 6.92 Å². The lowest BCUT2D eigenvalue weighted by atomic mass is 9.92. The lowest BCUT2D eigenvalue weighted by molar-refractivity contribution is -0.0119. The maximum Gasteiger partial charge on any atom is 0.174 e. The van der Waals surface area contributed by atoms with Gasteiger partial charge in [0.1, 0.15) is 0 Å². The van der Waals surface area contributed by atoms with Crippen molar-refractivity contribution >= 4 is 0 Å². The van der Waals surface area contributed by atoms with Crippen LogP contribution in [0, 0.1) is 5.92 Å². The highest BCUT2D eigenvalue weighted by atomic mass is 16.5. The minimum atomic E-state index is -1.22. The van der Waals surface area contributed by atoms with Gasteiger partial charge < -0.3 is 10.2 Å². The molecule has 1 atom stereocenters. The van der Waals surface area contributed by atoms with E-state index < -0.39 is 6.29 Å². The van der Waals surface area contributed by atoms with Crippen molar-refractivity contribution in [3.8, 4) is 0 Å². The van der Waals surface area contributed by atoms with Crippen LogP contribution in [-0.2, 0) is 0 Å². The average molecular weight is 142 g/mol. The molecule has 0 aromatic rings. The fraction of sp³-hybridized carbons (Fsp3) is 0.750. The second kappa shape index (κ2) is 3.17. The van der Waals surface area contributed by atoms with Gasteiger partial charge in [-0.3, -0.25) is 0 Å². The number of hydrogen-bond acceptors (Lipinski definition) is 2. The Kier molecular flexibility index (Phi) is 2.46. The number of rotatable bonds is 1. The van der Waals surface area contributed by atoms with Gasteiger partial charge in [0.15, 0.2) is 6.29 Å². The molecule has 1 rings (SSSR count). The number of hydrogen-bond donors (Lipinski definition) is 2. The van der Waals surface area contributed by atoms with Gasteiger partial charge in [0.2, 0.25) is 0 Å². The highest BCUT2D eigenvalue weighted by molar-refractivity contribution is 5.09. The van der Waals surface area contributed by atoms with E-state index in [1.54, 1.807) is 0 Å². The minimum Gasteiger partial charge on any atom is -0.365 e. The van der Waals surface area contributed by atoms with E-state index in [0.29, 0.717) is 5.92 Å². The fourth-order valence-corrected chi connectivity index (χ4v) is 1.38. The molecule has 0 bridgehead atoms. The molecule has 1 aliphatic rings. The molecule has 0 fully saturated rings. The minimum absolute atomic E-state index is 0.519. The third-order valence-corrected chi connectivity index (χ3v) is 1.96. The Bertz CT molecular complexity index is 138. The van der Waals surface area contributed by atoms with Crippen LogP contribution in [0.25, 0.3) is 0 Å². The lowest BCUT2D eigenvalue weighted by Gasteiger charge is -2.18. The summed E-state index contributed by atoms with van der Waals surface area (Å²) in [5.41, 5.74) is 0.791. The molecule has 2 N–H and O–H groups in total. The molecule has 2 nitrogen and oxygen atoms in total. The fourth-order valence-electron chi connectivity index (χ4n) is 1.38. The highest BCUT2D eigenvalue weighted by Crippen LogP contribution is 2.23. The molecular weight excluding hydrogens is 128 g/mol. The Balaban J connectivity index is 2.57. The van der Waals surface area contributed by atoms with E-state index >= 15 is 0 Å². The van der Waals surface area contributed by atoms with E-state index in [4.69, 9.17) is 10.2 Å². The Hall–Kier alpha value is -0.340. The van der Waals surface area contributed by atoms with Crippen LogP contribution in [0.1, 0.15) is 26.2 Å². The predicted octanol–water partition coefficient (Wildman–Crippen LogP) is 1.04. The molecule has 2 heteroatoms. The zero-order valence-corrected chi connectivity index (χ0v) is 6.25. The van der Waals surface area contributed by atoms with Crippen LogP contribution in [0.2, 0.25) is 0 Å². The van der Waals surface area contributed by atoms with Crippen molar-refractivity contribution in [2.45, 2.75) is 32.5 Å². The SMILES string of the molecule is CC1C=C(C(O)O)CCC1. The molecule has 10 heavy (non-hydrogen) atoms. The third-order valence-electron chi connectivity index (χ3n) is 1.96. The van der Waals surface area contributed by atoms with Gasteiger partial charge in [-0.1, -0.05) is 13.0 Å². The van der Waals surface area contributed by atoms with Crippen molar-refractivity contribution < 1.29 is 10.2 Å². The highest BCUT2D eigenvalue weighted by Gasteiger charge is 2.13. The van der Waals surface area contributed by atoms with Crippen molar-refractivity contribution in [3.05, 3.63) is 11.6 Å². The van der Waals surface area contributed by atoms with E-state index in [-0.39, 0.29) is 0 Å². The molecule has 0 saturated carbocycles. The zero-order valence-electron chi connectivity index (χ0n) is 6.25. The molecule has 0 aromatic carbocycles. The third kappa shape index (κ3) is 1.82. The zero-order chi connectivity index (χ0) is 7.56. The van der Waals surface area contributed by atoms with E-state index in [9.17, 15) is 0 Å². The van der Waals surface area contributed by atoms with Crippen molar-refractivity contribution in [2.24, 2.45) is 5.92 Å². The first-order valence-electron chi connectivity index (χ1n) is 3.77. The molecule has 0 heterocycles. The van der Waals surface area contributed by atoms with E-state index in [0.717, 1.165) is 18.4 Å². The van der Waals surface area contributed by atoms with Crippen molar-refractivity contribution in [1.29, 1.82) is 0 Å². The molecule has 1 aliphatic carbocycles. The first-order chi connectivity index (χ1) is 4.70. The molecule has 0 spiro atoms. The predicted molar refractivity (Wildman–Crippen MR) is 39.3 cm³/mol. The van der Waals surface area contributed by atoms with Crippen LogP contribution in [0.5, 0.6) is 0 Å². The Morgan fingerprint density at radius 2 is 2.30 bits per heavy atom. The summed E-state index contributed by atoms with van der Waals surface area (Å²) in [6.45, 7) is 2.10. The van der Waals surface area contributed by atoms with Gasteiger partial charge in [-0.25, -0.2) is 0 Å². The second-order valence-electron chi connectivity index (χ2n) is 2.98. The summed E-state index contributed by atoms with van der Waals surface area (Å²) in [5.74, 6) is 0.519. The first-order valence-corrected chi connectivity index (χ1v) is 3.77. The van der Waals surface area contributed by atoms with Gasteiger partial charge in [-0.05, 0) is 30.8 Å². The van der Waals surface area contributed by atoms with Crippen LogP contribution in [-0.4, -0.2) is 16.5 Å². The second-order valence-corrected chi connectivity index (χ2v) is 2.98. The largest absolute Gasteiger partial charge is 0.365 e. The number of aliphatic hydroxyl groups is 2. The standard InChI is InChI=1S/C8H14O2/c1-6-3-2-4-7(5-6)8(9)10/h5-6,8-10H,2-4H2,1H3. The monoisotopic (exact) mass is 142 g/mol. The summed E-state index contributed by atoms with van der Waals surface area (Å²) in [4.78, 5) is 0. The molecule has 0 amide bonds. The smallest absolute Gasteiger partial charge is 0.174 e. The lowest BCUT2D eigenvalue weighted by Crippen LogP contribution is -2.13. The molecule has 0 aliphatic heterocycles. The summed E-state index contributed by atoms with van der Waals surface area (Å²) in [6.07, 6.45) is 3.86. The van der Waals surface area contributed by atoms with Gasteiger partial charge >= 0.3 is 0 Å². The van der Waals surface area contributed by atoms with Gasteiger partial charge in [0, 0.05) is 0 Å². The van der Waals surface area contributed by atoms with Gasteiger partial charge in [0.05, 0.1) is 0 Å². The van der Waals surface area contributed by atoms with Crippen LogP contribution < -0.4 is 0 Å². The van der Waals surface area contributed by atoms with Crippen LogP contribution in [0.3, 0.4) is 0 Å². The molecule has 58 valence electrons.